The predicted molar refractivity (Wildman–Crippen MR) is 543 cm³/mol. The van der Waals surface area contributed by atoms with Crippen LogP contribution >= 0.6 is 93.2 Å². The number of amides is 1. The molecule has 0 fully saturated rings. The number of alkyl halides is 3. The summed E-state index contributed by atoms with van der Waals surface area (Å²) < 4.78 is 44.2. The highest BCUT2D eigenvalue weighted by atomic mass is 32.2. The van der Waals surface area contributed by atoms with Crippen LogP contribution in [0.2, 0.25) is 0 Å². The number of hydrogen-bond donors (Lipinski definition) is 7. The Balaban J connectivity index is 0.000000126. The fraction of sp³-hybridized carbons (Fsp3) is 0.0938. The molecular weight excluding hydrogens is 1940 g/mol. The summed E-state index contributed by atoms with van der Waals surface area (Å²) in [6.07, 6.45) is 17.1. The zero-order valence-corrected chi connectivity index (χ0v) is 79.4. The number of nitrogens with zero attached hydrogens (tertiary/aromatic N) is 21. The SMILES string of the molecule is CN(C)C(=O)CSc1cc(/C=N/O)nc2c1ccc1cccnc12.COC(=O)CSc1cc(/C=N/O)nc2c1ccc1cccnc12.Cc1cnc(Sc2cc(/C=N/O)nc3c2ccc2cccnc23)s1.O/N=C/c1cc(SCC(F)(F)F)c2ccc3cccnc3c2n1.O/N=C/c1cc(Sc2nccs2)c2ccc3cccnc3c2n1.O=C(O)CSc1cc(/C=N/O)nc2c1ccc1cccnc12. The van der Waals surface area contributed by atoms with Crippen molar-refractivity contribution in [1.29, 1.82) is 0 Å². The third-order valence-corrected chi connectivity index (χ3v) is 28.1. The van der Waals surface area contributed by atoms with E-state index in [-0.39, 0.29) is 29.1 Å². The van der Waals surface area contributed by atoms with Crippen molar-refractivity contribution in [2.45, 2.75) is 51.2 Å². The van der Waals surface area contributed by atoms with Gasteiger partial charge in [-0.25, -0.2) is 39.9 Å². The van der Waals surface area contributed by atoms with Crippen LogP contribution in [0.3, 0.4) is 0 Å². The van der Waals surface area contributed by atoms with Crippen molar-refractivity contribution < 1.29 is 68.6 Å². The molecule has 139 heavy (non-hydrogen) atoms. The van der Waals surface area contributed by atoms with E-state index in [2.05, 4.69) is 112 Å². The first kappa shape index (κ1) is 98.1. The van der Waals surface area contributed by atoms with Gasteiger partial charge < -0.3 is 46.0 Å². The third kappa shape index (κ3) is 24.5. The number of halogens is 3. The van der Waals surface area contributed by atoms with Gasteiger partial charge in [-0.1, -0.05) is 164 Å². The first-order chi connectivity index (χ1) is 67.6. The Morgan fingerprint density at radius 2 is 0.662 bits per heavy atom. The number of hydrogen-bond acceptors (Lipinski definition) is 38. The molecule has 696 valence electrons. The van der Waals surface area contributed by atoms with E-state index in [1.54, 1.807) is 139 Å². The summed E-state index contributed by atoms with van der Waals surface area (Å²) in [4.78, 5) is 104. The number of ether oxygens (including phenoxy) is 1. The van der Waals surface area contributed by atoms with Gasteiger partial charge in [0, 0.05) is 168 Å². The lowest BCUT2D eigenvalue weighted by Gasteiger charge is -2.12. The predicted octanol–water partition coefficient (Wildman–Crippen LogP) is 21.3. The first-order valence-electron chi connectivity index (χ1n) is 41.0. The number of methoxy groups -OCH3 is 1. The van der Waals surface area contributed by atoms with Crippen LogP contribution < -0.4 is 0 Å². The van der Waals surface area contributed by atoms with Crippen LogP contribution in [-0.4, -0.2) is 217 Å². The molecular formula is C96H72F3N21O11S8. The highest BCUT2D eigenvalue weighted by Gasteiger charge is 2.29. The average Bonchev–Trinajstić information content (AvgIpc) is 1.27. The maximum Gasteiger partial charge on any atom is 0.398 e. The van der Waals surface area contributed by atoms with Gasteiger partial charge in [0.25, 0.3) is 0 Å². The summed E-state index contributed by atoms with van der Waals surface area (Å²) in [6, 6.07) is 56.8. The molecule has 0 atom stereocenters. The fourth-order valence-corrected chi connectivity index (χ4v) is 21.3. The summed E-state index contributed by atoms with van der Waals surface area (Å²) in [6.45, 7) is 2.04. The second-order valence-electron chi connectivity index (χ2n) is 29.2. The lowest BCUT2D eigenvalue weighted by molar-refractivity contribution is -0.137. The van der Waals surface area contributed by atoms with Crippen molar-refractivity contribution in [3.63, 3.8) is 0 Å². The molecule has 32 nitrogen and oxygen atoms in total. The summed E-state index contributed by atoms with van der Waals surface area (Å²) in [5.41, 5.74) is 11.6. The van der Waals surface area contributed by atoms with Gasteiger partial charge in [-0.2, -0.15) is 13.2 Å². The number of aromatic nitrogens is 14. The van der Waals surface area contributed by atoms with Gasteiger partial charge in [0.05, 0.1) is 168 Å². The van der Waals surface area contributed by atoms with Crippen LogP contribution in [0.25, 0.3) is 131 Å². The van der Waals surface area contributed by atoms with Crippen LogP contribution in [-0.2, 0) is 19.1 Å². The van der Waals surface area contributed by atoms with Crippen LogP contribution in [0.4, 0.5) is 13.2 Å². The van der Waals surface area contributed by atoms with Crippen LogP contribution in [0.15, 0.2) is 306 Å². The Hall–Kier alpha value is -15.4. The number of carboxylic acid groups (broad SMARTS) is 1. The van der Waals surface area contributed by atoms with Crippen LogP contribution in [0.1, 0.15) is 39.0 Å². The quantitative estimate of drug-likeness (QED) is 0.00877. The number of oxime groups is 6. The molecule has 0 aliphatic heterocycles. The molecule has 7 N–H and O–H groups in total. The minimum atomic E-state index is -4.28. The summed E-state index contributed by atoms with van der Waals surface area (Å²) in [7, 11) is 4.82. The van der Waals surface area contributed by atoms with Crippen molar-refractivity contribution in [1.82, 2.24) is 74.7 Å². The van der Waals surface area contributed by atoms with E-state index in [4.69, 9.17) is 36.4 Å². The topological polar surface area (TPSA) is 460 Å². The second-order valence-corrected chi connectivity index (χ2v) is 38.0. The number of esters is 1. The highest BCUT2D eigenvalue weighted by Crippen LogP contribution is 2.42. The molecule has 0 aliphatic rings. The molecule has 0 bridgehead atoms. The van der Waals surface area contributed by atoms with Gasteiger partial charge >= 0.3 is 18.1 Å². The molecule has 1 amide bonds. The van der Waals surface area contributed by atoms with Crippen LogP contribution in [0.5, 0.6) is 0 Å². The van der Waals surface area contributed by atoms with E-state index in [9.17, 15) is 27.6 Å². The van der Waals surface area contributed by atoms with Gasteiger partial charge in [-0.05, 0) is 79.7 Å². The molecule has 0 spiro atoms. The van der Waals surface area contributed by atoms with E-state index in [1.165, 1.54) is 84.4 Å². The number of aliphatic carboxylic acids is 1. The third-order valence-electron chi connectivity index (χ3n) is 19.9. The summed E-state index contributed by atoms with van der Waals surface area (Å²) >= 11 is 11.0. The normalized spacial score (nSPS) is 11.7. The largest absolute Gasteiger partial charge is 0.481 e. The van der Waals surface area contributed by atoms with Crippen molar-refractivity contribution >= 4 is 279 Å². The van der Waals surface area contributed by atoms with Crippen molar-refractivity contribution in [2.24, 2.45) is 30.9 Å². The molecule has 0 aliphatic carbocycles. The van der Waals surface area contributed by atoms with Crippen molar-refractivity contribution in [2.75, 3.05) is 44.2 Å². The number of carbonyl (C=O) groups is 3. The fourth-order valence-electron chi connectivity index (χ4n) is 13.9. The Morgan fingerprint density at radius 3 is 0.928 bits per heavy atom. The summed E-state index contributed by atoms with van der Waals surface area (Å²) in [5.74, 6) is -1.74. The number of fused-ring (bicyclic) bond motifs is 18. The Bertz CT molecular complexity index is 8180. The number of pyridine rings is 12. The van der Waals surface area contributed by atoms with Crippen molar-refractivity contribution in [3.05, 3.63) is 276 Å². The molecule has 0 saturated carbocycles. The van der Waals surface area contributed by atoms with E-state index in [0.717, 1.165) is 143 Å². The monoisotopic (exact) mass is 2010 g/mol. The number of carboxylic acids is 1. The molecule has 0 radical (unpaired) electrons. The van der Waals surface area contributed by atoms with Gasteiger partial charge in [-0.3, -0.25) is 44.3 Å². The molecule has 6 aromatic carbocycles. The van der Waals surface area contributed by atoms with Gasteiger partial charge in [0.2, 0.25) is 5.91 Å². The zero-order chi connectivity index (χ0) is 97.5. The van der Waals surface area contributed by atoms with E-state index in [1.807, 2.05) is 158 Å². The lowest BCUT2D eigenvalue weighted by atomic mass is 10.1. The minimum absolute atomic E-state index is 0.0289. The van der Waals surface area contributed by atoms with E-state index < -0.39 is 17.9 Å². The van der Waals surface area contributed by atoms with E-state index >= 15 is 0 Å². The highest BCUT2D eigenvalue weighted by molar-refractivity contribution is 8.02. The number of aryl methyl sites for hydroxylation is 1. The average molecular weight is 2010 g/mol. The molecule has 14 heterocycles. The number of thiazole rings is 2. The molecule has 0 unspecified atom stereocenters. The number of benzene rings is 6. The smallest absolute Gasteiger partial charge is 0.398 e. The number of thioether (sulfide) groups is 4. The minimum Gasteiger partial charge on any atom is -0.481 e. The molecule has 43 heteroatoms. The van der Waals surface area contributed by atoms with Crippen molar-refractivity contribution in [3.8, 4) is 0 Å². The standard InChI is InChI=1S/C17H16N4O2S.C17H12N4OS2.C16H10N4OS2.C16H13N3O3S.C15H10F3N3OS.C15H11N3O3S/c1-21(2)15(22)10-24-14-8-12(9-19-23)20-17-13(14)6-5-11-4-3-7-18-16(11)17;1-10-8-19-17(23-10)24-14-7-12(9-20-22)21-16-13(14)5-4-11-3-2-6-18-15(11)16;21-19-9-11-8-13(23-16-18-6-7-22-16)12-4-3-10-2-1-5-17-14(10)15(12)20-11;1-22-14(20)9-23-13-7-11(8-18-21)19-16-12(13)5-4-10-3-2-6-17-15(10)16;16-15(17,18)8-23-12-6-10(7-20-22)21-14-11(12)4-3-9-2-1-5-19-13(9)14;19-13(20)8-22-12-6-10(7-17-21)18-15-11(12)4-3-9-2-1-5-16-14(9)15/h3-9,23H,10H2,1-2H3;2-9,22H,1H3;1-9,21H;2-8,21H,9H2,1H3;1-7,22H,8H2;1-7,21H,8H2,(H,19,20)/b19-9+;20-9+;19-9+;18-8+;20-7+;17-7+. The summed E-state index contributed by atoms with van der Waals surface area (Å²) in [5, 5.41) is 92.8. The zero-order valence-electron chi connectivity index (χ0n) is 72.9. The first-order valence-corrected chi connectivity index (χ1v) is 48.3. The van der Waals surface area contributed by atoms with Gasteiger partial charge in [-0.15, -0.1) is 69.7 Å². The van der Waals surface area contributed by atoms with Gasteiger partial charge in [0.15, 0.2) is 8.68 Å². The lowest BCUT2D eigenvalue weighted by Crippen LogP contribution is -2.23. The van der Waals surface area contributed by atoms with E-state index in [0.29, 0.717) is 78.3 Å². The molecule has 14 aromatic heterocycles. The second kappa shape index (κ2) is 46.4. The maximum atomic E-state index is 12.5. The maximum absolute atomic E-state index is 12.5. The Morgan fingerprint density at radius 1 is 0.374 bits per heavy atom. The number of rotatable bonds is 21. The van der Waals surface area contributed by atoms with Crippen LogP contribution in [0, 0.1) is 6.92 Å². The number of carbonyl (C=O) groups excluding carboxylic acids is 2. The molecule has 0 saturated heterocycles. The Labute approximate surface area is 818 Å². The molecule has 20 rings (SSSR count). The van der Waals surface area contributed by atoms with Gasteiger partial charge in [0.1, 0.15) is 0 Å². The molecule has 20 aromatic rings. The Kier molecular flexibility index (Phi) is 32.8.